The maximum absolute atomic E-state index is 10.3. The van der Waals surface area contributed by atoms with Crippen LogP contribution in [0.2, 0.25) is 0 Å². The van der Waals surface area contributed by atoms with E-state index in [2.05, 4.69) is 15.3 Å². The summed E-state index contributed by atoms with van der Waals surface area (Å²) in [4.78, 5) is 9.64. The summed E-state index contributed by atoms with van der Waals surface area (Å²) in [5.41, 5.74) is 4.20. The summed E-state index contributed by atoms with van der Waals surface area (Å²) in [6.45, 7) is 0. The van der Waals surface area contributed by atoms with Gasteiger partial charge in [0.05, 0.1) is 10.3 Å². The fourth-order valence-corrected chi connectivity index (χ4v) is 4.81. The molecule has 0 bridgehead atoms. The Labute approximate surface area is 137 Å². The van der Waals surface area contributed by atoms with Crippen LogP contribution in [-0.2, 0) is 12.1 Å². The van der Waals surface area contributed by atoms with Crippen molar-refractivity contribution in [2.24, 2.45) is 5.73 Å². The van der Waals surface area contributed by atoms with Crippen LogP contribution in [0.25, 0.3) is 10.2 Å². The van der Waals surface area contributed by atoms with Crippen LogP contribution in [0, 0.1) is 0 Å². The molecule has 0 radical (unpaired) electrons. The Morgan fingerprint density at radius 1 is 1.17 bits per heavy atom. The highest BCUT2D eigenvalue weighted by Gasteiger charge is 2.56. The van der Waals surface area contributed by atoms with Gasteiger partial charge in [-0.25, -0.2) is 9.97 Å². The average molecular weight is 336 g/mol. The van der Waals surface area contributed by atoms with E-state index in [-0.39, 0.29) is 6.42 Å². The maximum Gasteiger partial charge on any atom is 0.216 e. The number of nitrogens with one attached hydrogen (secondary N) is 1. The van der Waals surface area contributed by atoms with Crippen molar-refractivity contribution >= 4 is 27.4 Å². The molecule has 2 heterocycles. The highest BCUT2D eigenvalue weighted by molar-refractivity contribution is 7.19. The van der Waals surface area contributed by atoms with E-state index in [1.807, 2.05) is 0 Å². The molecule has 0 aromatic carbocycles. The SMILES string of the molecule is NC1(O)c2sc3ncnc(NC4CCCCC4)c3c2CC1(O)O. The number of nitrogens with two attached hydrogens (primary N) is 1. The van der Waals surface area contributed by atoms with Gasteiger partial charge < -0.3 is 20.6 Å². The van der Waals surface area contributed by atoms with Crippen molar-refractivity contribution in [1.29, 1.82) is 0 Å². The van der Waals surface area contributed by atoms with Gasteiger partial charge in [-0.2, -0.15) is 0 Å². The molecular formula is C15H20N4O3S. The summed E-state index contributed by atoms with van der Waals surface area (Å²) in [5.74, 6) is -1.69. The highest BCUT2D eigenvalue weighted by atomic mass is 32.1. The van der Waals surface area contributed by atoms with E-state index in [0.717, 1.165) is 18.2 Å². The van der Waals surface area contributed by atoms with Gasteiger partial charge >= 0.3 is 0 Å². The fraction of sp³-hybridized carbons (Fsp3) is 0.600. The summed E-state index contributed by atoms with van der Waals surface area (Å²) >= 11 is 1.19. The molecule has 0 aliphatic heterocycles. The van der Waals surface area contributed by atoms with Gasteiger partial charge in [0.2, 0.25) is 11.5 Å². The van der Waals surface area contributed by atoms with Gasteiger partial charge in [0, 0.05) is 12.5 Å². The quantitative estimate of drug-likeness (QED) is 0.513. The number of hydrogen-bond donors (Lipinski definition) is 5. The first kappa shape index (κ1) is 15.2. The Morgan fingerprint density at radius 3 is 2.65 bits per heavy atom. The number of thiophene rings is 1. The molecule has 8 heteroatoms. The van der Waals surface area contributed by atoms with Crippen LogP contribution < -0.4 is 11.1 Å². The third-order valence-corrected chi connectivity index (χ3v) is 6.18. The van der Waals surface area contributed by atoms with E-state index >= 15 is 0 Å². The Balaban J connectivity index is 1.79. The summed E-state index contributed by atoms with van der Waals surface area (Å²) < 4.78 is 0. The molecule has 1 saturated carbocycles. The molecule has 0 amide bonds. The Hall–Kier alpha value is -1.32. The van der Waals surface area contributed by atoms with Crippen molar-refractivity contribution < 1.29 is 15.3 Å². The van der Waals surface area contributed by atoms with Crippen LogP contribution in [0.5, 0.6) is 0 Å². The van der Waals surface area contributed by atoms with Crippen molar-refractivity contribution in [2.75, 3.05) is 5.32 Å². The predicted molar refractivity (Wildman–Crippen MR) is 86.9 cm³/mol. The Kier molecular flexibility index (Phi) is 3.37. The molecule has 23 heavy (non-hydrogen) atoms. The molecule has 2 aromatic heterocycles. The standard InChI is InChI=1S/C15H20N4O3S/c16-15(22)11-9(6-14(15,20)21)10-12(17-7-18-13(10)23-11)19-8-4-2-1-3-5-8/h7-8,20-22H,1-6,16H2,(H,17,18,19). The zero-order valence-corrected chi connectivity index (χ0v) is 13.4. The third-order valence-electron chi connectivity index (χ3n) is 4.91. The van der Waals surface area contributed by atoms with E-state index in [1.165, 1.54) is 36.9 Å². The third kappa shape index (κ3) is 2.25. The lowest BCUT2D eigenvalue weighted by Crippen LogP contribution is -2.55. The molecule has 0 saturated heterocycles. The topological polar surface area (TPSA) is 125 Å². The van der Waals surface area contributed by atoms with E-state index in [1.54, 1.807) is 0 Å². The predicted octanol–water partition coefficient (Wildman–Crippen LogP) is 0.777. The van der Waals surface area contributed by atoms with Crippen molar-refractivity contribution in [3.05, 3.63) is 16.8 Å². The van der Waals surface area contributed by atoms with Crippen LogP contribution in [0.15, 0.2) is 6.33 Å². The van der Waals surface area contributed by atoms with Crippen molar-refractivity contribution in [1.82, 2.24) is 9.97 Å². The number of hydrogen-bond acceptors (Lipinski definition) is 8. The van der Waals surface area contributed by atoms with Crippen molar-refractivity contribution in [2.45, 2.75) is 56.1 Å². The van der Waals surface area contributed by atoms with Gasteiger partial charge in [0.25, 0.3) is 0 Å². The van der Waals surface area contributed by atoms with Gasteiger partial charge in [-0.3, -0.25) is 5.73 Å². The minimum absolute atomic E-state index is 0.137. The normalized spacial score (nSPS) is 27.3. The maximum atomic E-state index is 10.3. The molecule has 1 unspecified atom stereocenters. The number of fused-ring (bicyclic) bond motifs is 3. The summed E-state index contributed by atoms with van der Waals surface area (Å²) in [7, 11) is 0. The van der Waals surface area contributed by atoms with Gasteiger partial charge in [0.1, 0.15) is 17.0 Å². The molecule has 2 aliphatic carbocycles. The molecule has 124 valence electrons. The fourth-order valence-electron chi connectivity index (χ4n) is 3.58. The first-order valence-corrected chi connectivity index (χ1v) is 8.71. The number of anilines is 1. The molecule has 4 rings (SSSR count). The summed E-state index contributed by atoms with van der Waals surface area (Å²) in [6.07, 6.45) is 7.22. The average Bonchev–Trinajstić information content (AvgIpc) is 2.95. The van der Waals surface area contributed by atoms with E-state index in [4.69, 9.17) is 5.73 Å². The van der Waals surface area contributed by atoms with Gasteiger partial charge in [-0.05, 0) is 18.4 Å². The van der Waals surface area contributed by atoms with Crippen LogP contribution in [0.4, 0.5) is 5.82 Å². The smallest absolute Gasteiger partial charge is 0.216 e. The van der Waals surface area contributed by atoms with Crippen molar-refractivity contribution in [3.63, 3.8) is 0 Å². The number of nitrogens with zero attached hydrogens (tertiary/aromatic N) is 2. The molecule has 6 N–H and O–H groups in total. The van der Waals surface area contributed by atoms with Crippen LogP contribution in [0.1, 0.15) is 42.5 Å². The molecule has 2 aromatic rings. The van der Waals surface area contributed by atoms with Crippen LogP contribution in [0.3, 0.4) is 0 Å². The van der Waals surface area contributed by atoms with Gasteiger partial charge in [-0.1, -0.05) is 19.3 Å². The molecule has 1 fully saturated rings. The second-order valence-corrected chi connectivity index (χ2v) is 7.55. The van der Waals surface area contributed by atoms with Gasteiger partial charge in [-0.15, -0.1) is 11.3 Å². The van der Waals surface area contributed by atoms with E-state index in [0.29, 0.717) is 27.1 Å². The van der Waals surface area contributed by atoms with Crippen LogP contribution >= 0.6 is 11.3 Å². The van der Waals surface area contributed by atoms with Crippen molar-refractivity contribution in [3.8, 4) is 0 Å². The first-order valence-electron chi connectivity index (χ1n) is 7.89. The number of aliphatic hydroxyl groups is 3. The van der Waals surface area contributed by atoms with E-state index < -0.39 is 11.5 Å². The van der Waals surface area contributed by atoms with E-state index in [9.17, 15) is 15.3 Å². The monoisotopic (exact) mass is 336 g/mol. The van der Waals surface area contributed by atoms with Crippen LogP contribution in [-0.4, -0.2) is 37.1 Å². The highest BCUT2D eigenvalue weighted by Crippen LogP contribution is 2.48. The molecule has 7 nitrogen and oxygen atoms in total. The molecule has 0 spiro atoms. The lowest BCUT2D eigenvalue weighted by atomic mass is 9.95. The molecular weight excluding hydrogens is 316 g/mol. The molecule has 2 aliphatic rings. The zero-order chi connectivity index (χ0) is 16.2. The summed E-state index contributed by atoms with van der Waals surface area (Å²) in [6, 6.07) is 0.364. The second kappa shape index (κ2) is 5.09. The molecule has 1 atom stereocenters. The summed E-state index contributed by atoms with van der Waals surface area (Å²) in [5, 5.41) is 34.6. The Morgan fingerprint density at radius 2 is 1.91 bits per heavy atom. The largest absolute Gasteiger partial charge is 0.367 e. The zero-order valence-electron chi connectivity index (χ0n) is 12.6. The number of aromatic nitrogens is 2. The van der Waals surface area contributed by atoms with Gasteiger partial charge in [0.15, 0.2) is 0 Å². The lowest BCUT2D eigenvalue weighted by molar-refractivity contribution is -0.267. The second-order valence-electron chi connectivity index (χ2n) is 6.55. The minimum atomic E-state index is -2.37. The Bertz CT molecular complexity index is 753. The number of rotatable bonds is 2. The first-order chi connectivity index (χ1) is 10.9. The minimum Gasteiger partial charge on any atom is -0.367 e. The lowest BCUT2D eigenvalue weighted by Gasteiger charge is -2.29.